The lowest BCUT2D eigenvalue weighted by molar-refractivity contribution is 0.170. The Morgan fingerprint density at radius 1 is 0.786 bits per heavy atom. The molecule has 0 spiro atoms. The van der Waals surface area contributed by atoms with E-state index in [-0.39, 0.29) is 0 Å². The largest absolute Gasteiger partial charge is 0.317 e. The molecular weight excluding hydrogens is 172 g/mol. The molecule has 0 aromatic carbocycles. The highest BCUT2D eigenvalue weighted by Crippen LogP contribution is 2.32. The van der Waals surface area contributed by atoms with E-state index in [0.29, 0.717) is 0 Å². The minimum atomic E-state index is 0.958. The van der Waals surface area contributed by atoms with Gasteiger partial charge in [0.15, 0.2) is 0 Å². The first-order valence-corrected chi connectivity index (χ1v) is 6.29. The molecule has 82 valence electrons. The topological polar surface area (TPSA) is 24.1 Å². The summed E-state index contributed by atoms with van der Waals surface area (Å²) in [4.78, 5) is 0. The average Bonchev–Trinajstić information content (AvgIpc) is 2.30. The SMILES string of the molecule is CC(C1CCNCC1)C1CCNCC1. The van der Waals surface area contributed by atoms with Crippen molar-refractivity contribution >= 4 is 0 Å². The molecule has 0 aromatic rings. The van der Waals surface area contributed by atoms with Crippen LogP contribution in [-0.2, 0) is 0 Å². The molecule has 2 nitrogen and oxygen atoms in total. The van der Waals surface area contributed by atoms with Gasteiger partial charge in [-0.25, -0.2) is 0 Å². The van der Waals surface area contributed by atoms with Crippen LogP contribution in [0.4, 0.5) is 0 Å². The summed E-state index contributed by atoms with van der Waals surface area (Å²) in [6.07, 6.45) is 5.63. The molecule has 2 aliphatic heterocycles. The highest BCUT2D eigenvalue weighted by molar-refractivity contribution is 4.80. The minimum Gasteiger partial charge on any atom is -0.317 e. The third kappa shape index (κ3) is 2.48. The second kappa shape index (κ2) is 5.13. The molecular formula is C12H24N2. The van der Waals surface area contributed by atoms with Crippen LogP contribution in [0.2, 0.25) is 0 Å². The van der Waals surface area contributed by atoms with Crippen molar-refractivity contribution < 1.29 is 0 Å². The van der Waals surface area contributed by atoms with E-state index in [0.717, 1.165) is 17.8 Å². The molecule has 0 aliphatic carbocycles. The molecule has 0 radical (unpaired) electrons. The Hall–Kier alpha value is -0.0800. The van der Waals surface area contributed by atoms with E-state index in [1.807, 2.05) is 0 Å². The molecule has 2 saturated heterocycles. The van der Waals surface area contributed by atoms with Crippen molar-refractivity contribution in [2.45, 2.75) is 32.6 Å². The van der Waals surface area contributed by atoms with E-state index in [2.05, 4.69) is 17.6 Å². The van der Waals surface area contributed by atoms with Crippen molar-refractivity contribution in [2.75, 3.05) is 26.2 Å². The highest BCUT2D eigenvalue weighted by atomic mass is 14.9. The molecule has 0 atom stereocenters. The van der Waals surface area contributed by atoms with Crippen molar-refractivity contribution in [2.24, 2.45) is 17.8 Å². The van der Waals surface area contributed by atoms with E-state index in [9.17, 15) is 0 Å². The molecule has 0 amide bonds. The maximum atomic E-state index is 3.46. The Bertz CT molecular complexity index is 140. The maximum absolute atomic E-state index is 3.46. The zero-order valence-corrected chi connectivity index (χ0v) is 9.39. The van der Waals surface area contributed by atoms with Gasteiger partial charge in [-0.3, -0.25) is 0 Å². The summed E-state index contributed by atoms with van der Waals surface area (Å²) in [6.45, 7) is 7.49. The van der Waals surface area contributed by atoms with Crippen LogP contribution in [0.15, 0.2) is 0 Å². The summed E-state index contributed by atoms with van der Waals surface area (Å²) in [5, 5.41) is 6.92. The van der Waals surface area contributed by atoms with Crippen LogP contribution in [0.25, 0.3) is 0 Å². The van der Waals surface area contributed by atoms with Crippen LogP contribution >= 0.6 is 0 Å². The maximum Gasteiger partial charge on any atom is -0.00462 e. The van der Waals surface area contributed by atoms with Gasteiger partial charge >= 0.3 is 0 Å². The third-order valence-corrected chi connectivity index (χ3v) is 4.25. The van der Waals surface area contributed by atoms with Crippen LogP contribution in [0, 0.1) is 17.8 Å². The first kappa shape index (κ1) is 10.4. The van der Waals surface area contributed by atoms with E-state index >= 15 is 0 Å². The standard InChI is InChI=1S/C12H24N2/c1-10(11-2-6-13-7-3-11)12-4-8-14-9-5-12/h10-14H,2-9H2,1H3. The van der Waals surface area contributed by atoms with Crippen molar-refractivity contribution in [3.63, 3.8) is 0 Å². The number of hydrogen-bond donors (Lipinski definition) is 2. The van der Waals surface area contributed by atoms with E-state index in [1.54, 1.807) is 0 Å². The van der Waals surface area contributed by atoms with Crippen molar-refractivity contribution in [1.29, 1.82) is 0 Å². The lowest BCUT2D eigenvalue weighted by Gasteiger charge is -2.36. The van der Waals surface area contributed by atoms with Crippen LogP contribution in [-0.4, -0.2) is 26.2 Å². The van der Waals surface area contributed by atoms with Gasteiger partial charge in [0.25, 0.3) is 0 Å². The van der Waals surface area contributed by atoms with Gasteiger partial charge < -0.3 is 10.6 Å². The summed E-state index contributed by atoms with van der Waals surface area (Å²) in [7, 11) is 0. The zero-order valence-electron chi connectivity index (χ0n) is 9.39. The van der Waals surface area contributed by atoms with Gasteiger partial charge in [-0.15, -0.1) is 0 Å². The highest BCUT2D eigenvalue weighted by Gasteiger charge is 2.27. The Kier molecular flexibility index (Phi) is 3.82. The Morgan fingerprint density at radius 3 is 1.50 bits per heavy atom. The first-order valence-electron chi connectivity index (χ1n) is 6.29. The Labute approximate surface area is 87.8 Å². The summed E-state index contributed by atoms with van der Waals surface area (Å²) in [5.41, 5.74) is 0. The van der Waals surface area contributed by atoms with Crippen LogP contribution < -0.4 is 10.6 Å². The second-order valence-electron chi connectivity index (χ2n) is 5.03. The molecule has 2 aliphatic rings. The van der Waals surface area contributed by atoms with E-state index in [1.165, 1.54) is 51.9 Å². The predicted molar refractivity (Wildman–Crippen MR) is 60.4 cm³/mol. The molecule has 2 heteroatoms. The molecule has 2 rings (SSSR count). The van der Waals surface area contributed by atoms with Crippen molar-refractivity contribution in [3.8, 4) is 0 Å². The fraction of sp³-hybridized carbons (Fsp3) is 1.00. The first-order chi connectivity index (χ1) is 6.88. The van der Waals surface area contributed by atoms with Gasteiger partial charge in [-0.05, 0) is 69.6 Å². The summed E-state index contributed by atoms with van der Waals surface area (Å²) in [5.74, 6) is 2.96. The number of piperidine rings is 2. The van der Waals surface area contributed by atoms with Crippen LogP contribution in [0.5, 0.6) is 0 Å². The second-order valence-corrected chi connectivity index (χ2v) is 5.03. The fourth-order valence-electron chi connectivity index (χ4n) is 3.12. The normalized spacial score (nSPS) is 27.0. The number of rotatable bonds is 2. The monoisotopic (exact) mass is 196 g/mol. The molecule has 0 unspecified atom stereocenters. The van der Waals surface area contributed by atoms with Gasteiger partial charge in [0, 0.05) is 0 Å². The van der Waals surface area contributed by atoms with Gasteiger partial charge in [0.05, 0.1) is 0 Å². The molecule has 0 bridgehead atoms. The molecule has 0 aromatic heterocycles. The predicted octanol–water partition coefficient (Wildman–Crippen LogP) is 1.62. The van der Waals surface area contributed by atoms with Crippen molar-refractivity contribution in [1.82, 2.24) is 10.6 Å². The van der Waals surface area contributed by atoms with Crippen LogP contribution in [0.1, 0.15) is 32.6 Å². The summed E-state index contributed by atoms with van der Waals surface area (Å²) < 4.78 is 0. The lowest BCUT2D eigenvalue weighted by atomic mass is 9.75. The molecule has 14 heavy (non-hydrogen) atoms. The van der Waals surface area contributed by atoms with Gasteiger partial charge in [0.1, 0.15) is 0 Å². The molecule has 2 heterocycles. The summed E-state index contributed by atoms with van der Waals surface area (Å²) in [6, 6.07) is 0. The Balaban J connectivity index is 1.82. The lowest BCUT2D eigenvalue weighted by Crippen LogP contribution is -2.37. The zero-order chi connectivity index (χ0) is 9.80. The van der Waals surface area contributed by atoms with Crippen molar-refractivity contribution in [3.05, 3.63) is 0 Å². The van der Waals surface area contributed by atoms with Gasteiger partial charge in [0.2, 0.25) is 0 Å². The smallest absolute Gasteiger partial charge is 0.00462 e. The van der Waals surface area contributed by atoms with Gasteiger partial charge in [-0.2, -0.15) is 0 Å². The minimum absolute atomic E-state index is 0.958. The summed E-state index contributed by atoms with van der Waals surface area (Å²) >= 11 is 0. The number of hydrogen-bond acceptors (Lipinski definition) is 2. The number of nitrogens with one attached hydrogen (secondary N) is 2. The molecule has 2 N–H and O–H groups in total. The van der Waals surface area contributed by atoms with Gasteiger partial charge in [-0.1, -0.05) is 6.92 Å². The average molecular weight is 196 g/mol. The quantitative estimate of drug-likeness (QED) is 0.701. The molecule has 2 fully saturated rings. The molecule has 0 saturated carbocycles. The fourth-order valence-corrected chi connectivity index (χ4v) is 3.12. The Morgan fingerprint density at radius 2 is 1.14 bits per heavy atom. The van der Waals surface area contributed by atoms with E-state index in [4.69, 9.17) is 0 Å². The van der Waals surface area contributed by atoms with Crippen LogP contribution in [0.3, 0.4) is 0 Å². The van der Waals surface area contributed by atoms with E-state index < -0.39 is 0 Å². The third-order valence-electron chi connectivity index (χ3n) is 4.25.